The first-order valence-corrected chi connectivity index (χ1v) is 12.9. The molecule has 36 heavy (non-hydrogen) atoms. The van der Waals surface area contributed by atoms with Gasteiger partial charge in [0, 0.05) is 11.3 Å². The van der Waals surface area contributed by atoms with E-state index < -0.39 is 17.7 Å². The predicted octanol–water partition coefficient (Wildman–Crippen LogP) is 5.47. The third kappa shape index (κ3) is 4.62. The minimum Gasteiger partial charge on any atom is -0.508 e. The zero-order chi connectivity index (χ0) is 25.2. The summed E-state index contributed by atoms with van der Waals surface area (Å²) in [5.74, 6) is -1.14. The van der Waals surface area contributed by atoms with Crippen molar-refractivity contribution < 1.29 is 19.8 Å². The Morgan fingerprint density at radius 2 is 1.67 bits per heavy atom. The van der Waals surface area contributed by atoms with Gasteiger partial charge in [0.2, 0.25) is 5.13 Å². The van der Waals surface area contributed by atoms with Gasteiger partial charge in [-0.3, -0.25) is 14.5 Å². The van der Waals surface area contributed by atoms with E-state index >= 15 is 0 Å². The number of aliphatic hydroxyl groups excluding tert-OH is 1. The summed E-state index contributed by atoms with van der Waals surface area (Å²) in [5, 5.41) is 29.6. The lowest BCUT2D eigenvalue weighted by Crippen LogP contribution is -2.29. The fourth-order valence-electron chi connectivity index (χ4n) is 3.95. The number of aromatic hydroxyl groups is 1. The topological polar surface area (TPSA) is 104 Å². The van der Waals surface area contributed by atoms with Crippen molar-refractivity contribution >= 4 is 45.7 Å². The minimum atomic E-state index is -0.924. The molecule has 1 atom stereocenters. The van der Waals surface area contributed by atoms with Crippen LogP contribution >= 0.6 is 23.1 Å². The molecule has 1 aromatic heterocycles. The number of aryl methyl sites for hydroxylation is 1. The molecule has 2 heterocycles. The third-order valence-electron chi connectivity index (χ3n) is 5.79. The van der Waals surface area contributed by atoms with E-state index in [2.05, 4.69) is 10.2 Å². The monoisotopic (exact) mass is 515 g/mol. The number of phenols is 1. The number of amides is 1. The number of ketones is 1. The number of phenolic OH excluding ortho intramolecular Hbond substituents is 1. The van der Waals surface area contributed by atoms with E-state index in [0.717, 1.165) is 11.1 Å². The molecule has 1 amide bonds. The van der Waals surface area contributed by atoms with Gasteiger partial charge in [-0.25, -0.2) is 0 Å². The Labute approximate surface area is 215 Å². The summed E-state index contributed by atoms with van der Waals surface area (Å²) in [6, 6.07) is 22.2. The molecule has 4 aromatic rings. The Morgan fingerprint density at radius 1 is 0.972 bits per heavy atom. The van der Waals surface area contributed by atoms with Crippen LogP contribution in [0.1, 0.15) is 28.3 Å². The average molecular weight is 516 g/mol. The van der Waals surface area contributed by atoms with Crippen molar-refractivity contribution in [1.82, 2.24) is 10.2 Å². The first kappa shape index (κ1) is 23.8. The Kier molecular flexibility index (Phi) is 6.58. The summed E-state index contributed by atoms with van der Waals surface area (Å²) < 4.78 is 0.652. The highest BCUT2D eigenvalue weighted by molar-refractivity contribution is 8.00. The largest absolute Gasteiger partial charge is 0.508 e. The number of thioether (sulfide) groups is 1. The van der Waals surface area contributed by atoms with Crippen molar-refractivity contribution in [1.29, 1.82) is 0 Å². The van der Waals surface area contributed by atoms with Gasteiger partial charge >= 0.3 is 5.91 Å². The lowest BCUT2D eigenvalue weighted by molar-refractivity contribution is -0.132. The smallest absolute Gasteiger partial charge is 0.301 e. The molecule has 0 aliphatic carbocycles. The molecule has 1 aliphatic heterocycles. The number of hydrogen-bond donors (Lipinski definition) is 2. The van der Waals surface area contributed by atoms with Crippen LogP contribution in [0.15, 0.2) is 88.8 Å². The molecular formula is C27H21N3O4S2. The normalized spacial score (nSPS) is 17.0. The number of carbonyl (C=O) groups is 2. The lowest BCUT2D eigenvalue weighted by atomic mass is 9.95. The molecule has 0 radical (unpaired) electrons. The standard InChI is InChI=1S/C27H21N3O4S2/c1-16-7-9-19(10-8-16)23(32)21-22(18-11-13-20(31)14-12-18)30(25(34)24(21)33)26-28-29-27(36-26)35-15-17-5-3-2-4-6-17/h2-14,22,31-32H,15H2,1H3/b23-21-. The molecule has 3 aromatic carbocycles. The summed E-state index contributed by atoms with van der Waals surface area (Å²) in [6.07, 6.45) is 0. The predicted molar refractivity (Wildman–Crippen MR) is 140 cm³/mol. The molecule has 1 saturated heterocycles. The average Bonchev–Trinajstić information content (AvgIpc) is 3.46. The molecule has 1 fully saturated rings. The molecule has 0 spiro atoms. The Bertz CT molecular complexity index is 1450. The highest BCUT2D eigenvalue weighted by Gasteiger charge is 2.48. The molecule has 2 N–H and O–H groups in total. The Hall–Kier alpha value is -3.95. The van der Waals surface area contributed by atoms with E-state index in [-0.39, 0.29) is 22.2 Å². The maximum atomic E-state index is 13.3. The number of hydrogen-bond acceptors (Lipinski definition) is 8. The highest BCUT2D eigenvalue weighted by Crippen LogP contribution is 2.44. The lowest BCUT2D eigenvalue weighted by Gasteiger charge is -2.22. The van der Waals surface area contributed by atoms with Crippen LogP contribution in [0.5, 0.6) is 5.75 Å². The molecule has 1 aliphatic rings. The highest BCUT2D eigenvalue weighted by atomic mass is 32.2. The van der Waals surface area contributed by atoms with E-state index in [4.69, 9.17) is 0 Å². The molecule has 0 bridgehead atoms. The number of carbonyl (C=O) groups excluding carboxylic acids is 2. The van der Waals surface area contributed by atoms with Crippen molar-refractivity contribution in [2.24, 2.45) is 0 Å². The Balaban J connectivity index is 1.55. The number of anilines is 1. The number of Topliss-reactive ketones (excluding diaryl/α,β-unsaturated/α-hetero) is 1. The molecule has 0 saturated carbocycles. The molecule has 1 unspecified atom stereocenters. The molecule has 5 rings (SSSR count). The van der Waals surface area contributed by atoms with Crippen LogP contribution < -0.4 is 4.90 Å². The van der Waals surface area contributed by atoms with Gasteiger partial charge < -0.3 is 10.2 Å². The van der Waals surface area contributed by atoms with Crippen molar-refractivity contribution in [3.05, 3.63) is 107 Å². The first-order valence-electron chi connectivity index (χ1n) is 11.1. The van der Waals surface area contributed by atoms with E-state index in [1.807, 2.05) is 49.4 Å². The number of aliphatic hydroxyl groups is 1. The Morgan fingerprint density at radius 3 is 2.36 bits per heavy atom. The van der Waals surface area contributed by atoms with Gasteiger partial charge in [-0.2, -0.15) is 0 Å². The summed E-state index contributed by atoms with van der Waals surface area (Å²) in [6.45, 7) is 1.92. The second-order valence-corrected chi connectivity index (χ2v) is 10.4. The molecular weight excluding hydrogens is 494 g/mol. The summed E-state index contributed by atoms with van der Waals surface area (Å²) in [5.41, 5.74) is 3.06. The molecule has 9 heteroatoms. The van der Waals surface area contributed by atoms with Gasteiger partial charge in [0.15, 0.2) is 4.34 Å². The molecule has 180 valence electrons. The van der Waals surface area contributed by atoms with Crippen LogP contribution in [0.4, 0.5) is 5.13 Å². The van der Waals surface area contributed by atoms with Crippen LogP contribution in [0.3, 0.4) is 0 Å². The quantitative estimate of drug-likeness (QED) is 0.115. The van der Waals surface area contributed by atoms with Crippen molar-refractivity contribution in [2.75, 3.05) is 4.90 Å². The van der Waals surface area contributed by atoms with Gasteiger partial charge in [-0.1, -0.05) is 95.4 Å². The summed E-state index contributed by atoms with van der Waals surface area (Å²) >= 11 is 2.70. The van der Waals surface area contributed by atoms with Crippen molar-refractivity contribution in [2.45, 2.75) is 23.1 Å². The zero-order valence-electron chi connectivity index (χ0n) is 19.2. The third-order valence-corrected chi connectivity index (χ3v) is 7.91. The van der Waals surface area contributed by atoms with Gasteiger partial charge in [0.1, 0.15) is 11.5 Å². The van der Waals surface area contributed by atoms with E-state index in [9.17, 15) is 19.8 Å². The number of nitrogens with zero attached hydrogens (tertiary/aromatic N) is 3. The summed E-state index contributed by atoms with van der Waals surface area (Å²) in [4.78, 5) is 27.8. The van der Waals surface area contributed by atoms with E-state index in [1.165, 1.54) is 40.1 Å². The number of aromatic nitrogens is 2. The fourth-order valence-corrected chi connectivity index (χ4v) is 5.77. The summed E-state index contributed by atoms with van der Waals surface area (Å²) in [7, 11) is 0. The van der Waals surface area contributed by atoms with Crippen LogP contribution in [-0.4, -0.2) is 32.1 Å². The molecule has 7 nitrogen and oxygen atoms in total. The van der Waals surface area contributed by atoms with Gasteiger partial charge in [-0.15, -0.1) is 10.2 Å². The van der Waals surface area contributed by atoms with Crippen LogP contribution in [-0.2, 0) is 15.3 Å². The van der Waals surface area contributed by atoms with Crippen molar-refractivity contribution in [3.8, 4) is 5.75 Å². The van der Waals surface area contributed by atoms with Crippen LogP contribution in [0.25, 0.3) is 5.76 Å². The van der Waals surface area contributed by atoms with Crippen molar-refractivity contribution in [3.63, 3.8) is 0 Å². The van der Waals surface area contributed by atoms with E-state index in [1.54, 1.807) is 24.3 Å². The second-order valence-electron chi connectivity index (χ2n) is 8.25. The zero-order valence-corrected chi connectivity index (χ0v) is 20.8. The first-order chi connectivity index (χ1) is 17.4. The van der Waals surface area contributed by atoms with Crippen LogP contribution in [0, 0.1) is 6.92 Å². The SMILES string of the molecule is Cc1ccc(/C(O)=C2/C(=O)C(=O)N(c3nnc(SCc4ccccc4)s3)C2c2ccc(O)cc2)cc1. The van der Waals surface area contributed by atoms with Gasteiger partial charge in [-0.05, 0) is 30.2 Å². The van der Waals surface area contributed by atoms with Gasteiger partial charge in [0.05, 0.1) is 11.6 Å². The number of benzene rings is 3. The van der Waals surface area contributed by atoms with Gasteiger partial charge in [0.25, 0.3) is 5.78 Å². The maximum absolute atomic E-state index is 13.3. The van der Waals surface area contributed by atoms with Crippen LogP contribution in [0.2, 0.25) is 0 Å². The second kappa shape index (κ2) is 9.96. The minimum absolute atomic E-state index is 0.0387. The van der Waals surface area contributed by atoms with E-state index in [0.29, 0.717) is 21.2 Å². The number of rotatable bonds is 6. The maximum Gasteiger partial charge on any atom is 0.301 e. The fraction of sp³-hybridized carbons (Fsp3) is 0.111.